The van der Waals surface area contributed by atoms with Crippen molar-refractivity contribution in [3.8, 4) is 11.5 Å². The van der Waals surface area contributed by atoms with Gasteiger partial charge in [0.1, 0.15) is 11.5 Å². The minimum absolute atomic E-state index is 0.124. The number of ether oxygens (including phenoxy) is 2. The van der Waals surface area contributed by atoms with Crippen molar-refractivity contribution in [2.75, 3.05) is 20.3 Å². The summed E-state index contributed by atoms with van der Waals surface area (Å²) in [6, 6.07) is 5.68. The molecule has 0 aliphatic carbocycles. The van der Waals surface area contributed by atoms with Crippen molar-refractivity contribution in [3.05, 3.63) is 22.7 Å². The van der Waals surface area contributed by atoms with Gasteiger partial charge in [-0.2, -0.15) is 0 Å². The van der Waals surface area contributed by atoms with Gasteiger partial charge in [-0.15, -0.1) is 0 Å². The van der Waals surface area contributed by atoms with E-state index in [4.69, 9.17) is 15.2 Å². The standard InChI is InChI=1S/C13H20BrNO2/c1-13(2,9-15)6-7-17-12-5-4-10(16-3)8-11(12)14/h4-5,8H,6-7,9,15H2,1-3H3. The first-order valence-corrected chi connectivity index (χ1v) is 6.44. The summed E-state index contributed by atoms with van der Waals surface area (Å²) in [5.74, 6) is 1.64. The maximum Gasteiger partial charge on any atom is 0.133 e. The van der Waals surface area contributed by atoms with Gasteiger partial charge in [-0.25, -0.2) is 0 Å². The molecule has 3 nitrogen and oxygen atoms in total. The summed E-state index contributed by atoms with van der Waals surface area (Å²) < 4.78 is 11.7. The van der Waals surface area contributed by atoms with Gasteiger partial charge in [0.25, 0.3) is 0 Å². The van der Waals surface area contributed by atoms with Gasteiger partial charge in [-0.1, -0.05) is 13.8 Å². The van der Waals surface area contributed by atoms with E-state index in [0.717, 1.165) is 22.4 Å². The SMILES string of the molecule is COc1ccc(OCCC(C)(C)CN)c(Br)c1. The van der Waals surface area contributed by atoms with Gasteiger partial charge in [0, 0.05) is 0 Å². The molecule has 0 heterocycles. The van der Waals surface area contributed by atoms with E-state index in [1.807, 2.05) is 18.2 Å². The van der Waals surface area contributed by atoms with Crippen molar-refractivity contribution >= 4 is 15.9 Å². The van der Waals surface area contributed by atoms with Crippen LogP contribution >= 0.6 is 15.9 Å². The summed E-state index contributed by atoms with van der Waals surface area (Å²) in [5.41, 5.74) is 5.80. The Bertz CT molecular complexity index is 366. The molecule has 2 N–H and O–H groups in total. The fourth-order valence-corrected chi connectivity index (χ4v) is 1.74. The Morgan fingerprint density at radius 3 is 2.59 bits per heavy atom. The first-order valence-electron chi connectivity index (χ1n) is 5.65. The normalized spacial score (nSPS) is 11.4. The maximum atomic E-state index is 5.72. The Morgan fingerprint density at radius 1 is 1.35 bits per heavy atom. The molecule has 17 heavy (non-hydrogen) atoms. The van der Waals surface area contributed by atoms with Gasteiger partial charge >= 0.3 is 0 Å². The molecule has 1 rings (SSSR count). The van der Waals surface area contributed by atoms with Crippen LogP contribution < -0.4 is 15.2 Å². The summed E-state index contributed by atoms with van der Waals surface area (Å²) in [4.78, 5) is 0. The Kier molecular flexibility index (Phi) is 5.28. The van der Waals surface area contributed by atoms with Crippen molar-refractivity contribution in [2.45, 2.75) is 20.3 Å². The third kappa shape index (κ3) is 4.56. The van der Waals surface area contributed by atoms with Gasteiger partial charge in [0.15, 0.2) is 0 Å². The van der Waals surface area contributed by atoms with Crippen LogP contribution in [0.4, 0.5) is 0 Å². The van der Waals surface area contributed by atoms with Crippen LogP contribution in [0.25, 0.3) is 0 Å². The predicted octanol–water partition coefficient (Wildman–Crippen LogP) is 3.21. The fraction of sp³-hybridized carbons (Fsp3) is 0.538. The molecule has 1 aromatic carbocycles. The number of benzene rings is 1. The van der Waals surface area contributed by atoms with E-state index in [9.17, 15) is 0 Å². The lowest BCUT2D eigenvalue weighted by atomic mass is 9.90. The average molecular weight is 302 g/mol. The van der Waals surface area contributed by atoms with Crippen LogP contribution in [-0.2, 0) is 0 Å². The van der Waals surface area contributed by atoms with Crippen LogP contribution in [0.1, 0.15) is 20.3 Å². The number of halogens is 1. The molecule has 4 heteroatoms. The Hall–Kier alpha value is -0.740. The van der Waals surface area contributed by atoms with E-state index in [-0.39, 0.29) is 5.41 Å². The molecule has 0 fully saturated rings. The van der Waals surface area contributed by atoms with Crippen molar-refractivity contribution in [2.24, 2.45) is 11.1 Å². The van der Waals surface area contributed by atoms with Crippen molar-refractivity contribution in [1.82, 2.24) is 0 Å². The highest BCUT2D eigenvalue weighted by molar-refractivity contribution is 9.10. The Labute approximate surface area is 111 Å². The minimum Gasteiger partial charge on any atom is -0.497 e. The second-order valence-corrected chi connectivity index (χ2v) is 5.62. The molecule has 0 saturated heterocycles. The number of rotatable bonds is 6. The number of nitrogens with two attached hydrogens (primary N) is 1. The van der Waals surface area contributed by atoms with Crippen LogP contribution in [0.15, 0.2) is 22.7 Å². The number of methoxy groups -OCH3 is 1. The van der Waals surface area contributed by atoms with Crippen LogP contribution in [0, 0.1) is 5.41 Å². The second-order valence-electron chi connectivity index (χ2n) is 4.76. The van der Waals surface area contributed by atoms with Crippen LogP contribution in [-0.4, -0.2) is 20.3 Å². The molecule has 0 aromatic heterocycles. The van der Waals surface area contributed by atoms with Crippen LogP contribution in [0.5, 0.6) is 11.5 Å². The third-order valence-electron chi connectivity index (χ3n) is 2.73. The zero-order valence-electron chi connectivity index (χ0n) is 10.6. The smallest absolute Gasteiger partial charge is 0.133 e. The minimum atomic E-state index is 0.124. The average Bonchev–Trinajstić information content (AvgIpc) is 2.31. The van der Waals surface area contributed by atoms with E-state index >= 15 is 0 Å². The summed E-state index contributed by atoms with van der Waals surface area (Å²) in [5, 5.41) is 0. The zero-order chi connectivity index (χ0) is 12.9. The topological polar surface area (TPSA) is 44.5 Å². The number of hydrogen-bond donors (Lipinski definition) is 1. The van der Waals surface area contributed by atoms with Crippen LogP contribution in [0.2, 0.25) is 0 Å². The van der Waals surface area contributed by atoms with Gasteiger partial charge in [0.2, 0.25) is 0 Å². The van der Waals surface area contributed by atoms with E-state index < -0.39 is 0 Å². The second kappa shape index (κ2) is 6.26. The molecule has 1 aromatic rings. The molecule has 0 atom stereocenters. The first kappa shape index (κ1) is 14.3. The summed E-state index contributed by atoms with van der Waals surface area (Å²) >= 11 is 3.46. The lowest BCUT2D eigenvalue weighted by Gasteiger charge is -2.22. The lowest BCUT2D eigenvalue weighted by molar-refractivity contribution is 0.232. The molecule has 0 aliphatic heterocycles. The first-order chi connectivity index (χ1) is 7.98. The molecule has 0 saturated carbocycles. The highest BCUT2D eigenvalue weighted by Gasteiger charge is 2.15. The number of hydrogen-bond acceptors (Lipinski definition) is 3. The summed E-state index contributed by atoms with van der Waals surface area (Å²) in [6.07, 6.45) is 0.933. The molecular weight excluding hydrogens is 282 g/mol. The van der Waals surface area contributed by atoms with Crippen molar-refractivity contribution in [1.29, 1.82) is 0 Å². The summed E-state index contributed by atoms with van der Waals surface area (Å²) in [6.45, 7) is 5.61. The van der Waals surface area contributed by atoms with Crippen molar-refractivity contribution in [3.63, 3.8) is 0 Å². The highest BCUT2D eigenvalue weighted by atomic mass is 79.9. The molecule has 0 spiro atoms. The van der Waals surface area contributed by atoms with Crippen molar-refractivity contribution < 1.29 is 9.47 Å². The molecule has 0 aliphatic rings. The van der Waals surface area contributed by atoms with Gasteiger partial charge in [-0.3, -0.25) is 0 Å². The van der Waals surface area contributed by atoms with E-state index in [0.29, 0.717) is 13.2 Å². The van der Waals surface area contributed by atoms with E-state index in [1.165, 1.54) is 0 Å². The fourth-order valence-electron chi connectivity index (χ4n) is 1.26. The predicted molar refractivity (Wildman–Crippen MR) is 73.6 cm³/mol. The van der Waals surface area contributed by atoms with E-state index in [2.05, 4.69) is 29.8 Å². The molecule has 0 radical (unpaired) electrons. The largest absolute Gasteiger partial charge is 0.497 e. The summed E-state index contributed by atoms with van der Waals surface area (Å²) in [7, 11) is 1.64. The molecule has 0 bridgehead atoms. The maximum absolute atomic E-state index is 5.72. The van der Waals surface area contributed by atoms with Crippen LogP contribution in [0.3, 0.4) is 0 Å². The van der Waals surface area contributed by atoms with Gasteiger partial charge in [0.05, 0.1) is 18.2 Å². The highest BCUT2D eigenvalue weighted by Crippen LogP contribution is 2.29. The molecule has 0 unspecified atom stereocenters. The van der Waals surface area contributed by atoms with Gasteiger partial charge in [-0.05, 0) is 52.5 Å². The monoisotopic (exact) mass is 301 g/mol. The molecular formula is C13H20BrNO2. The quantitative estimate of drug-likeness (QED) is 0.877. The zero-order valence-corrected chi connectivity index (χ0v) is 12.2. The van der Waals surface area contributed by atoms with Gasteiger partial charge < -0.3 is 15.2 Å². The lowest BCUT2D eigenvalue weighted by Crippen LogP contribution is -2.25. The van der Waals surface area contributed by atoms with E-state index in [1.54, 1.807) is 7.11 Å². The molecule has 96 valence electrons. The molecule has 0 amide bonds. The Morgan fingerprint density at radius 2 is 2.06 bits per heavy atom. The Balaban J connectivity index is 2.52. The third-order valence-corrected chi connectivity index (χ3v) is 3.35.